The minimum Gasteiger partial charge on any atom is -0.489 e. The first-order valence-electron chi connectivity index (χ1n) is 12.3. The second kappa shape index (κ2) is 15.4. The van der Waals surface area contributed by atoms with Crippen LogP contribution in [0.3, 0.4) is 0 Å². The molecule has 176 valence electrons. The van der Waals surface area contributed by atoms with Gasteiger partial charge in [0.2, 0.25) is 0 Å². The van der Waals surface area contributed by atoms with Crippen LogP contribution in [-0.2, 0) is 0 Å². The first-order chi connectivity index (χ1) is 15.6. The standard InChI is InChI=1S/C28H39BrO2S/c1-5-9-12-22(7-3)20-30-27-18-17-26(29)25(16-15-24-14-11-19-32-24)28(27)31-21-23(8-4)13-10-6-2/h11,14,17-19,22-23H,5-10,12-13,20-21H2,1-4H3. The zero-order chi connectivity index (χ0) is 23.2. The van der Waals surface area contributed by atoms with Crippen molar-refractivity contribution >= 4 is 27.3 Å². The molecule has 0 saturated carbocycles. The number of thiophene rings is 1. The van der Waals surface area contributed by atoms with Crippen molar-refractivity contribution in [3.8, 4) is 23.3 Å². The molecule has 2 rings (SSSR count). The predicted molar refractivity (Wildman–Crippen MR) is 142 cm³/mol. The highest BCUT2D eigenvalue weighted by molar-refractivity contribution is 9.10. The molecule has 0 amide bonds. The topological polar surface area (TPSA) is 18.5 Å². The van der Waals surface area contributed by atoms with Crippen LogP contribution in [0.15, 0.2) is 34.1 Å². The van der Waals surface area contributed by atoms with Gasteiger partial charge in [-0.15, -0.1) is 11.3 Å². The maximum absolute atomic E-state index is 6.46. The van der Waals surface area contributed by atoms with Crippen LogP contribution in [-0.4, -0.2) is 13.2 Å². The predicted octanol–water partition coefficient (Wildman–Crippen LogP) is 9.10. The summed E-state index contributed by atoms with van der Waals surface area (Å²) in [5.41, 5.74) is 0.878. The summed E-state index contributed by atoms with van der Waals surface area (Å²) in [7, 11) is 0. The van der Waals surface area contributed by atoms with E-state index < -0.39 is 0 Å². The van der Waals surface area contributed by atoms with Gasteiger partial charge in [-0.2, -0.15) is 0 Å². The molecule has 0 fully saturated rings. The van der Waals surface area contributed by atoms with Gasteiger partial charge in [0, 0.05) is 4.47 Å². The van der Waals surface area contributed by atoms with Crippen LogP contribution in [0.1, 0.15) is 89.5 Å². The Kier molecular flexibility index (Phi) is 12.9. The number of benzene rings is 1. The monoisotopic (exact) mass is 518 g/mol. The van der Waals surface area contributed by atoms with E-state index in [4.69, 9.17) is 9.47 Å². The molecule has 0 saturated heterocycles. The van der Waals surface area contributed by atoms with E-state index in [0.717, 1.165) is 45.9 Å². The summed E-state index contributed by atoms with van der Waals surface area (Å²) in [4.78, 5) is 1.05. The van der Waals surface area contributed by atoms with Crippen LogP contribution < -0.4 is 9.47 Å². The Morgan fingerprint density at radius 3 is 2.09 bits per heavy atom. The molecule has 0 aliphatic rings. The van der Waals surface area contributed by atoms with Gasteiger partial charge in [-0.3, -0.25) is 0 Å². The van der Waals surface area contributed by atoms with Crippen molar-refractivity contribution in [3.05, 3.63) is 44.6 Å². The highest BCUT2D eigenvalue weighted by Gasteiger charge is 2.18. The number of hydrogen-bond donors (Lipinski definition) is 0. The molecule has 2 nitrogen and oxygen atoms in total. The summed E-state index contributed by atoms with van der Waals surface area (Å²) in [6.45, 7) is 10.4. The lowest BCUT2D eigenvalue weighted by Gasteiger charge is -2.21. The van der Waals surface area contributed by atoms with E-state index >= 15 is 0 Å². The number of halogens is 1. The van der Waals surface area contributed by atoms with Crippen molar-refractivity contribution in [1.82, 2.24) is 0 Å². The fraction of sp³-hybridized carbons (Fsp3) is 0.571. The maximum Gasteiger partial charge on any atom is 0.177 e. The van der Waals surface area contributed by atoms with Crippen molar-refractivity contribution in [1.29, 1.82) is 0 Å². The highest BCUT2D eigenvalue weighted by Crippen LogP contribution is 2.37. The first-order valence-corrected chi connectivity index (χ1v) is 13.9. The third-order valence-corrected chi connectivity index (χ3v) is 7.37. The van der Waals surface area contributed by atoms with E-state index in [-0.39, 0.29) is 0 Å². The summed E-state index contributed by atoms with van der Waals surface area (Å²) in [6, 6.07) is 8.13. The van der Waals surface area contributed by atoms with Gasteiger partial charge in [-0.05, 0) is 64.2 Å². The van der Waals surface area contributed by atoms with E-state index in [1.54, 1.807) is 11.3 Å². The van der Waals surface area contributed by atoms with Crippen molar-refractivity contribution < 1.29 is 9.47 Å². The molecule has 2 aromatic rings. The molecule has 0 aliphatic heterocycles. The average molecular weight is 520 g/mol. The minimum atomic E-state index is 0.549. The van der Waals surface area contributed by atoms with E-state index in [9.17, 15) is 0 Å². The minimum absolute atomic E-state index is 0.549. The van der Waals surface area contributed by atoms with Crippen LogP contribution in [0.5, 0.6) is 11.5 Å². The Morgan fingerprint density at radius 2 is 1.53 bits per heavy atom. The van der Waals surface area contributed by atoms with Gasteiger partial charge in [0.15, 0.2) is 11.5 Å². The summed E-state index contributed by atoms with van der Waals surface area (Å²) in [5, 5.41) is 2.05. The van der Waals surface area contributed by atoms with Crippen LogP contribution in [0.25, 0.3) is 0 Å². The van der Waals surface area contributed by atoms with E-state index in [0.29, 0.717) is 18.4 Å². The molecular weight excluding hydrogens is 480 g/mol. The Morgan fingerprint density at radius 1 is 0.875 bits per heavy atom. The van der Waals surface area contributed by atoms with E-state index in [1.807, 2.05) is 24.3 Å². The third kappa shape index (κ3) is 8.83. The number of hydrogen-bond acceptors (Lipinski definition) is 3. The fourth-order valence-electron chi connectivity index (χ4n) is 3.59. The third-order valence-electron chi connectivity index (χ3n) is 5.93. The lowest BCUT2D eigenvalue weighted by molar-refractivity contribution is 0.198. The zero-order valence-electron chi connectivity index (χ0n) is 20.2. The molecule has 1 aromatic carbocycles. The maximum atomic E-state index is 6.46. The average Bonchev–Trinajstić information content (AvgIpc) is 3.33. The van der Waals surface area contributed by atoms with Gasteiger partial charge in [-0.1, -0.05) is 84.1 Å². The van der Waals surface area contributed by atoms with Crippen LogP contribution >= 0.6 is 27.3 Å². The van der Waals surface area contributed by atoms with Gasteiger partial charge in [0.1, 0.15) is 0 Å². The van der Waals surface area contributed by atoms with Crippen LogP contribution in [0, 0.1) is 23.7 Å². The second-order valence-electron chi connectivity index (χ2n) is 8.43. The molecule has 0 spiro atoms. The Bertz CT molecular complexity index is 835. The molecule has 1 heterocycles. The molecule has 0 N–H and O–H groups in total. The summed E-state index contributed by atoms with van der Waals surface area (Å²) >= 11 is 5.36. The molecule has 0 bridgehead atoms. The number of rotatable bonds is 14. The summed E-state index contributed by atoms with van der Waals surface area (Å²) in [5.74, 6) is 9.35. The van der Waals surface area contributed by atoms with Gasteiger partial charge >= 0.3 is 0 Å². The lowest BCUT2D eigenvalue weighted by Crippen LogP contribution is -2.15. The van der Waals surface area contributed by atoms with Gasteiger partial charge in [0.25, 0.3) is 0 Å². The smallest absolute Gasteiger partial charge is 0.177 e. The second-order valence-corrected chi connectivity index (χ2v) is 10.2. The van der Waals surface area contributed by atoms with Gasteiger partial charge < -0.3 is 9.47 Å². The molecule has 1 aromatic heterocycles. The molecule has 0 radical (unpaired) electrons. The van der Waals surface area contributed by atoms with Crippen molar-refractivity contribution in [2.24, 2.45) is 11.8 Å². The fourth-order valence-corrected chi connectivity index (χ4v) is 4.57. The Labute approximate surface area is 208 Å². The number of unbranched alkanes of at least 4 members (excludes halogenated alkanes) is 2. The van der Waals surface area contributed by atoms with Crippen molar-refractivity contribution in [2.75, 3.05) is 13.2 Å². The van der Waals surface area contributed by atoms with Crippen molar-refractivity contribution in [3.63, 3.8) is 0 Å². The zero-order valence-corrected chi connectivity index (χ0v) is 22.6. The molecule has 32 heavy (non-hydrogen) atoms. The van der Waals surface area contributed by atoms with Crippen LogP contribution in [0.2, 0.25) is 0 Å². The van der Waals surface area contributed by atoms with E-state index in [2.05, 4.69) is 60.8 Å². The first kappa shape index (κ1) is 26.8. The largest absolute Gasteiger partial charge is 0.489 e. The Balaban J connectivity index is 2.29. The quantitative estimate of drug-likeness (QED) is 0.232. The molecule has 2 atom stereocenters. The molecule has 4 heteroatoms. The van der Waals surface area contributed by atoms with Gasteiger partial charge in [0.05, 0.1) is 23.7 Å². The SMILES string of the molecule is CCCCC(CC)COc1ccc(Br)c(C#Cc2cccs2)c1OCC(CC)CCCC. The van der Waals surface area contributed by atoms with Crippen molar-refractivity contribution in [2.45, 2.75) is 79.1 Å². The number of ether oxygens (including phenoxy) is 2. The normalized spacial score (nSPS) is 12.7. The van der Waals surface area contributed by atoms with Crippen LogP contribution in [0.4, 0.5) is 0 Å². The molecule has 0 aliphatic carbocycles. The summed E-state index contributed by atoms with van der Waals surface area (Å²) < 4.78 is 13.8. The molecule has 2 unspecified atom stereocenters. The summed E-state index contributed by atoms with van der Waals surface area (Å²) in [6.07, 6.45) is 9.59. The Hall–Kier alpha value is -1.44. The van der Waals surface area contributed by atoms with E-state index in [1.165, 1.54) is 38.5 Å². The molecular formula is C28H39BrO2S. The lowest BCUT2D eigenvalue weighted by atomic mass is 10.0. The van der Waals surface area contributed by atoms with Gasteiger partial charge in [-0.25, -0.2) is 0 Å². The highest BCUT2D eigenvalue weighted by atomic mass is 79.9.